The highest BCUT2D eigenvalue weighted by atomic mass is 35.5. The zero-order chi connectivity index (χ0) is 39.7. The second kappa shape index (κ2) is 18.6. The molecule has 1 unspecified atom stereocenters. The van der Waals surface area contributed by atoms with E-state index in [-0.39, 0.29) is 19.8 Å². The monoisotopic (exact) mass is 772 g/mol. The van der Waals surface area contributed by atoms with Gasteiger partial charge in [0.15, 0.2) is 0 Å². The lowest BCUT2D eigenvalue weighted by Crippen LogP contribution is -2.52. The van der Waals surface area contributed by atoms with Crippen LogP contribution in [0.25, 0.3) is 22.3 Å². The van der Waals surface area contributed by atoms with E-state index in [1.165, 1.54) is 67.5 Å². The molecule has 4 N–H and O–H groups in total. The van der Waals surface area contributed by atoms with Crippen molar-refractivity contribution in [3.05, 3.63) is 135 Å². The van der Waals surface area contributed by atoms with Crippen LogP contribution in [-0.2, 0) is 31.1 Å². The Morgan fingerprint density at radius 3 is 2.27 bits per heavy atom. The second-order valence-electron chi connectivity index (χ2n) is 14.8. The summed E-state index contributed by atoms with van der Waals surface area (Å²) in [5.74, 6) is -0.409. The van der Waals surface area contributed by atoms with E-state index < -0.39 is 18.1 Å². The Morgan fingerprint density at radius 1 is 0.857 bits per heavy atom. The molecule has 1 aromatic heterocycles. The number of carboxylic acid groups (broad SMARTS) is 1. The summed E-state index contributed by atoms with van der Waals surface area (Å²) in [6, 6.07) is 29.3. The van der Waals surface area contributed by atoms with Crippen molar-refractivity contribution in [1.29, 1.82) is 5.26 Å². The van der Waals surface area contributed by atoms with Crippen LogP contribution in [0.2, 0.25) is 5.02 Å². The van der Waals surface area contributed by atoms with E-state index in [4.69, 9.17) is 21.1 Å². The van der Waals surface area contributed by atoms with Gasteiger partial charge in [0.05, 0.1) is 17.2 Å². The Balaban J connectivity index is 1.20. The Hall–Kier alpha value is -5.24. The molecule has 9 nitrogen and oxygen atoms in total. The van der Waals surface area contributed by atoms with Gasteiger partial charge in [-0.05, 0) is 90.3 Å². The summed E-state index contributed by atoms with van der Waals surface area (Å²) in [7, 11) is 0. The van der Waals surface area contributed by atoms with Crippen LogP contribution in [0.15, 0.2) is 91.3 Å². The van der Waals surface area contributed by atoms with E-state index in [2.05, 4.69) is 84.1 Å². The number of pyridine rings is 1. The third-order valence-electron chi connectivity index (χ3n) is 10.8. The first-order valence-electron chi connectivity index (χ1n) is 19.1. The molecule has 6 rings (SSSR count). The molecule has 0 aliphatic heterocycles. The molecular weight excluding hydrogens is 724 g/mol. The summed E-state index contributed by atoms with van der Waals surface area (Å²) in [5, 5.41) is 35.7. The van der Waals surface area contributed by atoms with Gasteiger partial charge in [-0.25, -0.2) is 0 Å². The Morgan fingerprint density at radius 2 is 1.55 bits per heavy atom. The number of carbonyl (C=O) groups is 1. The molecule has 10 heteroatoms. The van der Waals surface area contributed by atoms with Crippen molar-refractivity contribution in [2.45, 2.75) is 90.8 Å². The third-order valence-corrected chi connectivity index (χ3v) is 11.1. The molecule has 1 atom stereocenters. The number of hydrogen-bond acceptors (Lipinski definition) is 8. The number of aromatic nitrogens is 1. The predicted octanol–water partition coefficient (Wildman–Crippen LogP) is 9.06. The molecule has 1 aliphatic rings. The van der Waals surface area contributed by atoms with Crippen LogP contribution in [0.5, 0.6) is 11.5 Å². The van der Waals surface area contributed by atoms with Crippen LogP contribution in [0.3, 0.4) is 0 Å². The maximum Gasteiger partial charge on any atom is 0.326 e. The number of nitriles is 1. The van der Waals surface area contributed by atoms with Gasteiger partial charge in [0, 0.05) is 48.7 Å². The highest BCUT2D eigenvalue weighted by Gasteiger charge is 2.32. The SMILES string of the molecule is Cc1c(COc2cc(OCc3cncc(C#N)c3)c(CNC(C)(CO)C(=O)O)cc2Cl)cccc1-c1cccc(-c2ccc(CNC3CCCCC3)cc2)c1C. The fourth-order valence-electron chi connectivity index (χ4n) is 7.14. The van der Waals surface area contributed by atoms with Gasteiger partial charge in [0.1, 0.15) is 36.3 Å². The number of ether oxygens (including phenoxy) is 2. The van der Waals surface area contributed by atoms with Crippen LogP contribution in [-0.4, -0.2) is 39.4 Å². The molecule has 1 aliphatic carbocycles. The quantitative estimate of drug-likeness (QED) is 0.0774. The minimum atomic E-state index is -1.58. The standard InChI is InChI=1S/C46H49ClN4O5/c1-30-36(9-7-13-40(30)41-14-8-12-39(31(41)2)35-17-15-32(16-18-35)25-50-38-10-5-4-6-11-38)28-56-44-21-43(55-27-34-19-33(22-48)23-49-24-34)37(20-42(44)47)26-51-46(3,29-52)45(53)54/h7-9,12-21,23-24,38,50-52H,4-6,10-11,25-29H2,1-3H3,(H,53,54). The van der Waals surface area contributed by atoms with Crippen LogP contribution in [0, 0.1) is 25.2 Å². The molecule has 1 heterocycles. The minimum absolute atomic E-state index is 0.0382. The Bertz CT molecular complexity index is 2200. The number of benzene rings is 4. The van der Waals surface area contributed by atoms with E-state index in [9.17, 15) is 20.3 Å². The van der Waals surface area contributed by atoms with Gasteiger partial charge >= 0.3 is 5.97 Å². The number of aliphatic hydroxyl groups excluding tert-OH is 1. The number of hydrogen-bond donors (Lipinski definition) is 4. The average molecular weight is 773 g/mol. The first-order chi connectivity index (χ1) is 27.1. The molecule has 0 radical (unpaired) electrons. The topological polar surface area (TPSA) is 137 Å². The molecule has 0 amide bonds. The van der Waals surface area contributed by atoms with E-state index >= 15 is 0 Å². The summed E-state index contributed by atoms with van der Waals surface area (Å²) in [6.45, 7) is 6.32. The van der Waals surface area contributed by atoms with Crippen molar-refractivity contribution in [1.82, 2.24) is 15.6 Å². The number of aliphatic carboxylic acids is 1. The maximum atomic E-state index is 11.9. The minimum Gasteiger partial charge on any atom is -0.488 e. The second-order valence-corrected chi connectivity index (χ2v) is 15.2. The summed E-state index contributed by atoms with van der Waals surface area (Å²) in [6.07, 6.45) is 9.63. The van der Waals surface area contributed by atoms with Crippen molar-refractivity contribution in [2.75, 3.05) is 6.61 Å². The van der Waals surface area contributed by atoms with Crippen molar-refractivity contribution < 1.29 is 24.5 Å². The van der Waals surface area contributed by atoms with Crippen molar-refractivity contribution in [2.24, 2.45) is 0 Å². The average Bonchev–Trinajstić information content (AvgIpc) is 3.22. The molecule has 0 saturated heterocycles. The largest absolute Gasteiger partial charge is 0.488 e. The van der Waals surface area contributed by atoms with Gasteiger partial charge in [-0.1, -0.05) is 91.5 Å². The van der Waals surface area contributed by atoms with E-state index in [1.807, 2.05) is 12.1 Å². The highest BCUT2D eigenvalue weighted by Crippen LogP contribution is 2.37. The summed E-state index contributed by atoms with van der Waals surface area (Å²) in [4.78, 5) is 16.0. The van der Waals surface area contributed by atoms with Gasteiger partial charge in [0.2, 0.25) is 0 Å². The lowest BCUT2D eigenvalue weighted by molar-refractivity contribution is -0.145. The number of carboxylic acids is 1. The lowest BCUT2D eigenvalue weighted by Gasteiger charge is -2.25. The summed E-state index contributed by atoms with van der Waals surface area (Å²) in [5.41, 5.74) is 9.30. The zero-order valence-corrected chi connectivity index (χ0v) is 33.0. The molecular formula is C46H49ClN4O5. The Labute approximate surface area is 334 Å². The van der Waals surface area contributed by atoms with Crippen LogP contribution < -0.4 is 20.1 Å². The van der Waals surface area contributed by atoms with E-state index in [0.29, 0.717) is 39.3 Å². The molecule has 56 heavy (non-hydrogen) atoms. The van der Waals surface area contributed by atoms with E-state index in [0.717, 1.165) is 28.8 Å². The summed E-state index contributed by atoms with van der Waals surface area (Å²) >= 11 is 6.77. The van der Waals surface area contributed by atoms with Crippen LogP contribution in [0.4, 0.5) is 0 Å². The first kappa shape index (κ1) is 40.4. The zero-order valence-electron chi connectivity index (χ0n) is 32.2. The molecule has 5 aromatic rings. The number of aliphatic hydroxyl groups is 1. The van der Waals surface area contributed by atoms with Crippen LogP contribution in [0.1, 0.15) is 78.0 Å². The smallest absolute Gasteiger partial charge is 0.326 e. The van der Waals surface area contributed by atoms with Gasteiger partial charge in [-0.15, -0.1) is 0 Å². The Kier molecular flexibility index (Phi) is 13.4. The highest BCUT2D eigenvalue weighted by molar-refractivity contribution is 6.32. The van der Waals surface area contributed by atoms with Gasteiger partial charge < -0.3 is 25.0 Å². The van der Waals surface area contributed by atoms with E-state index in [1.54, 1.807) is 24.4 Å². The molecule has 290 valence electrons. The van der Waals surface area contributed by atoms with Crippen molar-refractivity contribution in [3.63, 3.8) is 0 Å². The molecule has 0 spiro atoms. The summed E-state index contributed by atoms with van der Waals surface area (Å²) < 4.78 is 12.5. The van der Waals surface area contributed by atoms with Crippen LogP contribution >= 0.6 is 11.6 Å². The van der Waals surface area contributed by atoms with Gasteiger partial charge in [-0.2, -0.15) is 5.26 Å². The van der Waals surface area contributed by atoms with Crippen molar-refractivity contribution >= 4 is 17.6 Å². The maximum absolute atomic E-state index is 11.9. The number of nitrogens with one attached hydrogen (secondary N) is 2. The van der Waals surface area contributed by atoms with Gasteiger partial charge in [-0.3, -0.25) is 15.1 Å². The normalized spacial score (nSPS) is 14.1. The molecule has 0 bridgehead atoms. The number of halogens is 1. The predicted molar refractivity (Wildman–Crippen MR) is 220 cm³/mol. The molecule has 1 fully saturated rings. The van der Waals surface area contributed by atoms with Gasteiger partial charge in [0.25, 0.3) is 0 Å². The lowest BCUT2D eigenvalue weighted by atomic mass is 9.89. The fraction of sp³-hybridized carbons (Fsp3) is 0.326. The fourth-order valence-corrected chi connectivity index (χ4v) is 7.38. The number of rotatable bonds is 16. The number of nitrogens with zero attached hydrogens (tertiary/aromatic N) is 2. The third kappa shape index (κ3) is 9.76. The molecule has 4 aromatic carbocycles. The molecule has 1 saturated carbocycles. The first-order valence-corrected chi connectivity index (χ1v) is 19.5. The van der Waals surface area contributed by atoms with Crippen molar-refractivity contribution in [3.8, 4) is 39.8 Å².